The monoisotopic (exact) mass is 231 g/mol. The lowest BCUT2D eigenvalue weighted by molar-refractivity contribution is -0.154. The summed E-state index contributed by atoms with van der Waals surface area (Å²) < 4.78 is 5.15. The number of nitrogens with zero attached hydrogens (tertiary/aromatic N) is 1. The first-order chi connectivity index (χ1) is 7.33. The normalized spacial score (nSPS) is 29.5. The second-order valence-electron chi connectivity index (χ2n) is 4.00. The van der Waals surface area contributed by atoms with Crippen molar-refractivity contribution < 1.29 is 14.6 Å². The molecule has 2 saturated heterocycles. The van der Waals surface area contributed by atoms with E-state index in [1.54, 1.807) is 0 Å². The molecular weight excluding hydrogens is 214 g/mol. The Morgan fingerprint density at radius 2 is 2.20 bits per heavy atom. The molecule has 0 radical (unpaired) electrons. The molecule has 2 fully saturated rings. The molecule has 1 unspecified atom stereocenters. The molecule has 5 heteroatoms. The van der Waals surface area contributed by atoms with E-state index < -0.39 is 0 Å². The predicted octanol–water partition coefficient (Wildman–Crippen LogP) is 0.102. The summed E-state index contributed by atoms with van der Waals surface area (Å²) in [7, 11) is 0. The van der Waals surface area contributed by atoms with Crippen LogP contribution in [-0.2, 0) is 9.53 Å². The molecule has 2 aliphatic heterocycles. The molecule has 0 aromatic carbocycles. The van der Waals surface area contributed by atoms with Gasteiger partial charge in [0.15, 0.2) is 0 Å². The lowest BCUT2D eigenvalue weighted by atomic mass is 10.1. The van der Waals surface area contributed by atoms with Gasteiger partial charge >= 0.3 is 0 Å². The maximum atomic E-state index is 11.7. The van der Waals surface area contributed by atoms with Crippen molar-refractivity contribution in [1.29, 1.82) is 0 Å². The van der Waals surface area contributed by atoms with Crippen molar-refractivity contribution in [1.82, 2.24) is 4.90 Å². The fourth-order valence-electron chi connectivity index (χ4n) is 2.25. The molecule has 1 atom stereocenters. The van der Waals surface area contributed by atoms with E-state index in [2.05, 4.69) is 0 Å². The topological polar surface area (TPSA) is 49.8 Å². The minimum Gasteiger partial charge on any atom is -0.394 e. The van der Waals surface area contributed by atoms with Gasteiger partial charge in [-0.2, -0.15) is 11.8 Å². The smallest absolute Gasteiger partial charge is 0.249 e. The van der Waals surface area contributed by atoms with Gasteiger partial charge in [-0.3, -0.25) is 4.79 Å². The summed E-state index contributed by atoms with van der Waals surface area (Å²) >= 11 is 1.94. The average Bonchev–Trinajstić information content (AvgIpc) is 2.29. The Morgan fingerprint density at radius 3 is 2.87 bits per heavy atom. The Morgan fingerprint density at radius 1 is 1.47 bits per heavy atom. The molecule has 15 heavy (non-hydrogen) atoms. The molecule has 2 aliphatic rings. The number of carbonyl (C=O) groups is 1. The number of hydrogen-bond donors (Lipinski definition) is 1. The molecule has 1 amide bonds. The zero-order valence-corrected chi connectivity index (χ0v) is 9.54. The first-order valence-corrected chi connectivity index (χ1v) is 6.56. The summed E-state index contributed by atoms with van der Waals surface area (Å²) in [5, 5.41) is 9.23. The van der Waals surface area contributed by atoms with Gasteiger partial charge in [0.05, 0.1) is 19.3 Å². The summed E-state index contributed by atoms with van der Waals surface area (Å²) in [5.41, 5.74) is 0. The van der Waals surface area contributed by atoms with E-state index in [0.717, 1.165) is 24.3 Å². The molecule has 0 aromatic rings. The van der Waals surface area contributed by atoms with Gasteiger partial charge in [-0.25, -0.2) is 0 Å². The van der Waals surface area contributed by atoms with Crippen LogP contribution in [0.4, 0.5) is 0 Å². The Labute approximate surface area is 94.0 Å². The number of carbonyl (C=O) groups excluding carboxylic acids is 1. The molecule has 0 bridgehead atoms. The van der Waals surface area contributed by atoms with Crippen molar-refractivity contribution in [3.8, 4) is 0 Å². The highest BCUT2D eigenvalue weighted by Gasteiger charge is 2.34. The number of morpholine rings is 1. The van der Waals surface area contributed by atoms with Crippen LogP contribution in [0.3, 0.4) is 0 Å². The highest BCUT2D eigenvalue weighted by molar-refractivity contribution is 7.99. The van der Waals surface area contributed by atoms with Crippen molar-refractivity contribution in [2.45, 2.75) is 24.9 Å². The summed E-state index contributed by atoms with van der Waals surface area (Å²) in [6.07, 6.45) is 2.10. The standard InChI is InChI=1S/C10H17NO3S/c12-5-9-6-14-7-10(13)11(9)8-1-3-15-4-2-8/h8-9,12H,1-7H2. The van der Waals surface area contributed by atoms with Gasteiger partial charge in [0.1, 0.15) is 6.61 Å². The Hall–Kier alpha value is -0.260. The maximum Gasteiger partial charge on any atom is 0.249 e. The van der Waals surface area contributed by atoms with Crippen LogP contribution in [0.1, 0.15) is 12.8 Å². The Kier molecular flexibility index (Phi) is 3.88. The van der Waals surface area contributed by atoms with Crippen LogP contribution in [0.15, 0.2) is 0 Å². The molecule has 0 saturated carbocycles. The SMILES string of the molecule is O=C1COCC(CO)N1C1CCSCC1. The van der Waals surface area contributed by atoms with E-state index in [0.29, 0.717) is 12.6 Å². The first-order valence-electron chi connectivity index (χ1n) is 5.40. The third-order valence-electron chi connectivity index (χ3n) is 3.01. The molecule has 86 valence electrons. The van der Waals surface area contributed by atoms with Gasteiger partial charge in [0.2, 0.25) is 5.91 Å². The van der Waals surface area contributed by atoms with Crippen molar-refractivity contribution in [2.24, 2.45) is 0 Å². The van der Waals surface area contributed by atoms with Crippen LogP contribution in [0.25, 0.3) is 0 Å². The van der Waals surface area contributed by atoms with Gasteiger partial charge < -0.3 is 14.7 Å². The van der Waals surface area contributed by atoms with E-state index in [1.807, 2.05) is 16.7 Å². The van der Waals surface area contributed by atoms with E-state index in [1.165, 1.54) is 0 Å². The number of thioether (sulfide) groups is 1. The zero-order valence-electron chi connectivity index (χ0n) is 8.72. The number of aliphatic hydroxyl groups is 1. The summed E-state index contributed by atoms with van der Waals surface area (Å²) in [6, 6.07) is 0.194. The number of hydrogen-bond acceptors (Lipinski definition) is 4. The number of ether oxygens (including phenoxy) is 1. The van der Waals surface area contributed by atoms with Crippen molar-refractivity contribution in [3.63, 3.8) is 0 Å². The lowest BCUT2D eigenvalue weighted by Gasteiger charge is -2.41. The molecule has 0 aromatic heterocycles. The second-order valence-corrected chi connectivity index (χ2v) is 5.22. The van der Waals surface area contributed by atoms with E-state index >= 15 is 0 Å². The van der Waals surface area contributed by atoms with Crippen LogP contribution in [0.2, 0.25) is 0 Å². The molecule has 0 spiro atoms. The van der Waals surface area contributed by atoms with Gasteiger partial charge in [-0.15, -0.1) is 0 Å². The van der Waals surface area contributed by atoms with Gasteiger partial charge in [0, 0.05) is 6.04 Å². The largest absolute Gasteiger partial charge is 0.394 e. The molecule has 2 heterocycles. The van der Waals surface area contributed by atoms with E-state index in [-0.39, 0.29) is 25.2 Å². The summed E-state index contributed by atoms with van der Waals surface area (Å²) in [5.74, 6) is 2.28. The zero-order chi connectivity index (χ0) is 10.7. The highest BCUT2D eigenvalue weighted by atomic mass is 32.2. The van der Waals surface area contributed by atoms with E-state index in [4.69, 9.17) is 4.74 Å². The minimum atomic E-state index is -0.126. The summed E-state index contributed by atoms with van der Waals surface area (Å²) in [4.78, 5) is 13.6. The number of amides is 1. The Bertz CT molecular complexity index is 231. The van der Waals surface area contributed by atoms with E-state index in [9.17, 15) is 9.90 Å². The van der Waals surface area contributed by atoms with Crippen LogP contribution >= 0.6 is 11.8 Å². The average molecular weight is 231 g/mol. The van der Waals surface area contributed by atoms with Crippen LogP contribution < -0.4 is 0 Å². The van der Waals surface area contributed by atoms with Crippen LogP contribution in [0.5, 0.6) is 0 Å². The predicted molar refractivity (Wildman–Crippen MR) is 58.9 cm³/mol. The molecule has 1 N–H and O–H groups in total. The fraction of sp³-hybridized carbons (Fsp3) is 0.900. The maximum absolute atomic E-state index is 11.7. The number of aliphatic hydroxyl groups excluding tert-OH is 1. The van der Waals surface area contributed by atoms with Gasteiger partial charge in [-0.1, -0.05) is 0 Å². The lowest BCUT2D eigenvalue weighted by Crippen LogP contribution is -2.56. The van der Waals surface area contributed by atoms with Gasteiger partial charge in [-0.05, 0) is 24.3 Å². The van der Waals surface area contributed by atoms with Crippen LogP contribution in [-0.4, -0.2) is 59.3 Å². The first kappa shape index (κ1) is 11.2. The van der Waals surface area contributed by atoms with Crippen molar-refractivity contribution in [2.75, 3.05) is 31.3 Å². The highest BCUT2D eigenvalue weighted by Crippen LogP contribution is 2.25. The minimum absolute atomic E-state index is 0.00931. The van der Waals surface area contributed by atoms with Gasteiger partial charge in [0.25, 0.3) is 0 Å². The van der Waals surface area contributed by atoms with Crippen molar-refractivity contribution in [3.05, 3.63) is 0 Å². The third kappa shape index (κ3) is 2.46. The fourth-order valence-corrected chi connectivity index (χ4v) is 3.33. The quantitative estimate of drug-likeness (QED) is 0.732. The molecular formula is C10H17NO3S. The molecule has 0 aliphatic carbocycles. The van der Waals surface area contributed by atoms with Crippen LogP contribution in [0, 0.1) is 0 Å². The summed E-state index contributed by atoms with van der Waals surface area (Å²) in [6.45, 7) is 0.668. The number of rotatable bonds is 2. The third-order valence-corrected chi connectivity index (χ3v) is 4.06. The van der Waals surface area contributed by atoms with Crippen molar-refractivity contribution >= 4 is 17.7 Å². The molecule has 4 nitrogen and oxygen atoms in total. The molecule has 2 rings (SSSR count). The second kappa shape index (κ2) is 5.18. The Balaban J connectivity index is 2.03.